The smallest absolute Gasteiger partial charge is 0.223 e. The summed E-state index contributed by atoms with van der Waals surface area (Å²) < 4.78 is 13.6. The zero-order valence-electron chi connectivity index (χ0n) is 11.5. The van der Waals surface area contributed by atoms with E-state index >= 15 is 0 Å². The van der Waals surface area contributed by atoms with E-state index in [4.69, 9.17) is 5.73 Å². The Bertz CT molecular complexity index is 617. The molecule has 0 bridgehead atoms. The highest BCUT2D eigenvalue weighted by Crippen LogP contribution is 2.23. The molecule has 0 aliphatic carbocycles. The van der Waals surface area contributed by atoms with Crippen LogP contribution in [0.5, 0.6) is 0 Å². The summed E-state index contributed by atoms with van der Waals surface area (Å²) in [7, 11) is 0. The summed E-state index contributed by atoms with van der Waals surface area (Å²) in [4.78, 5) is 12.6. The highest BCUT2D eigenvalue weighted by atomic mass is 19.1. The van der Waals surface area contributed by atoms with Crippen LogP contribution in [0.1, 0.15) is 32.2 Å². The standard InChI is InChI=1S/C14H17FN4/c1-8-5-6-9(7-10(8)15)11-17-12(14(2,3)4)19-13(16)18-11/h5-7H,1-4H3,(H2,16,17,18,19). The summed E-state index contributed by atoms with van der Waals surface area (Å²) >= 11 is 0. The number of halogens is 1. The average molecular weight is 260 g/mol. The van der Waals surface area contributed by atoms with Gasteiger partial charge in [0.2, 0.25) is 5.95 Å². The first-order valence-electron chi connectivity index (χ1n) is 6.06. The van der Waals surface area contributed by atoms with Crippen LogP contribution in [0.2, 0.25) is 0 Å². The van der Waals surface area contributed by atoms with Crippen molar-refractivity contribution in [3.05, 3.63) is 35.4 Å². The van der Waals surface area contributed by atoms with E-state index in [0.717, 1.165) is 0 Å². The number of nitrogens with zero attached hydrogens (tertiary/aromatic N) is 3. The molecule has 0 spiro atoms. The molecule has 19 heavy (non-hydrogen) atoms. The highest BCUT2D eigenvalue weighted by Gasteiger charge is 2.20. The summed E-state index contributed by atoms with van der Waals surface area (Å²) in [5, 5.41) is 0. The van der Waals surface area contributed by atoms with Crippen LogP contribution in [-0.4, -0.2) is 15.0 Å². The number of hydrogen-bond acceptors (Lipinski definition) is 4. The number of rotatable bonds is 1. The topological polar surface area (TPSA) is 64.7 Å². The maximum absolute atomic E-state index is 13.6. The number of aryl methyl sites for hydroxylation is 1. The van der Waals surface area contributed by atoms with Crippen molar-refractivity contribution in [2.24, 2.45) is 0 Å². The average Bonchev–Trinajstić information content (AvgIpc) is 2.31. The summed E-state index contributed by atoms with van der Waals surface area (Å²) in [5.74, 6) is 0.858. The van der Waals surface area contributed by atoms with E-state index in [2.05, 4.69) is 15.0 Å². The quantitative estimate of drug-likeness (QED) is 0.856. The van der Waals surface area contributed by atoms with E-state index in [1.807, 2.05) is 20.8 Å². The number of aromatic nitrogens is 3. The molecule has 1 aromatic heterocycles. The van der Waals surface area contributed by atoms with Gasteiger partial charge in [0.1, 0.15) is 11.6 Å². The molecule has 0 unspecified atom stereocenters. The Morgan fingerprint density at radius 2 is 1.79 bits per heavy atom. The van der Waals surface area contributed by atoms with Crippen LogP contribution in [0.4, 0.5) is 10.3 Å². The molecule has 0 aliphatic heterocycles. The largest absolute Gasteiger partial charge is 0.368 e. The van der Waals surface area contributed by atoms with Gasteiger partial charge in [-0.1, -0.05) is 32.9 Å². The van der Waals surface area contributed by atoms with E-state index < -0.39 is 0 Å². The Balaban J connectivity index is 2.56. The van der Waals surface area contributed by atoms with E-state index in [-0.39, 0.29) is 17.2 Å². The molecular weight excluding hydrogens is 243 g/mol. The van der Waals surface area contributed by atoms with E-state index in [0.29, 0.717) is 22.8 Å². The molecule has 0 atom stereocenters. The first-order chi connectivity index (χ1) is 8.77. The predicted molar refractivity (Wildman–Crippen MR) is 73.1 cm³/mol. The monoisotopic (exact) mass is 260 g/mol. The molecule has 4 nitrogen and oxygen atoms in total. The van der Waals surface area contributed by atoms with Gasteiger partial charge in [-0.3, -0.25) is 0 Å². The minimum Gasteiger partial charge on any atom is -0.368 e. The van der Waals surface area contributed by atoms with Crippen molar-refractivity contribution in [2.45, 2.75) is 33.1 Å². The lowest BCUT2D eigenvalue weighted by atomic mass is 9.96. The minimum atomic E-state index is -0.284. The summed E-state index contributed by atoms with van der Waals surface area (Å²) in [6.07, 6.45) is 0. The Labute approximate surface area is 111 Å². The molecule has 0 saturated carbocycles. The molecule has 0 saturated heterocycles. The van der Waals surface area contributed by atoms with Crippen molar-refractivity contribution in [3.63, 3.8) is 0 Å². The maximum Gasteiger partial charge on any atom is 0.223 e. The van der Waals surface area contributed by atoms with Crippen molar-refractivity contribution in [2.75, 3.05) is 5.73 Å². The van der Waals surface area contributed by atoms with Crippen molar-refractivity contribution in [3.8, 4) is 11.4 Å². The van der Waals surface area contributed by atoms with Crippen LogP contribution in [0, 0.1) is 12.7 Å². The molecule has 1 heterocycles. The van der Waals surface area contributed by atoms with E-state index in [1.54, 1.807) is 19.1 Å². The number of hydrogen-bond donors (Lipinski definition) is 1. The fraction of sp³-hybridized carbons (Fsp3) is 0.357. The second kappa shape index (κ2) is 4.57. The molecule has 100 valence electrons. The SMILES string of the molecule is Cc1ccc(-c2nc(N)nc(C(C)(C)C)n2)cc1F. The first-order valence-corrected chi connectivity index (χ1v) is 6.06. The lowest BCUT2D eigenvalue weighted by molar-refractivity contribution is 0.544. The molecule has 0 radical (unpaired) electrons. The van der Waals surface area contributed by atoms with Gasteiger partial charge in [-0.05, 0) is 18.6 Å². The number of anilines is 1. The van der Waals surface area contributed by atoms with Gasteiger partial charge >= 0.3 is 0 Å². The molecule has 2 aromatic rings. The van der Waals surface area contributed by atoms with Gasteiger partial charge in [0.15, 0.2) is 5.82 Å². The van der Waals surface area contributed by atoms with Gasteiger partial charge in [-0.15, -0.1) is 0 Å². The predicted octanol–water partition coefficient (Wildman–Crippen LogP) is 2.87. The molecule has 1 aromatic carbocycles. The van der Waals surface area contributed by atoms with Crippen LogP contribution in [0.25, 0.3) is 11.4 Å². The lowest BCUT2D eigenvalue weighted by Crippen LogP contribution is -2.18. The zero-order valence-corrected chi connectivity index (χ0v) is 11.5. The molecule has 0 aliphatic rings. The molecular formula is C14H17FN4. The Kier molecular flexibility index (Phi) is 3.22. The van der Waals surface area contributed by atoms with Crippen LogP contribution in [-0.2, 0) is 5.41 Å². The normalized spacial score (nSPS) is 11.6. The second-order valence-corrected chi connectivity index (χ2v) is 5.55. The van der Waals surface area contributed by atoms with Gasteiger partial charge < -0.3 is 5.73 Å². The van der Waals surface area contributed by atoms with Gasteiger partial charge in [-0.2, -0.15) is 9.97 Å². The van der Waals surface area contributed by atoms with Crippen molar-refractivity contribution in [1.29, 1.82) is 0 Å². The van der Waals surface area contributed by atoms with Gasteiger partial charge in [0, 0.05) is 11.0 Å². The van der Waals surface area contributed by atoms with Crippen molar-refractivity contribution in [1.82, 2.24) is 15.0 Å². The van der Waals surface area contributed by atoms with Gasteiger partial charge in [0.25, 0.3) is 0 Å². The zero-order chi connectivity index (χ0) is 14.2. The second-order valence-electron chi connectivity index (χ2n) is 5.55. The number of nitrogens with two attached hydrogens (primary N) is 1. The molecule has 2 rings (SSSR count). The molecule has 5 heteroatoms. The van der Waals surface area contributed by atoms with Crippen molar-refractivity contribution >= 4 is 5.95 Å². The summed E-state index contributed by atoms with van der Waals surface area (Å²) in [5.41, 5.74) is 6.65. The van der Waals surface area contributed by atoms with E-state index in [1.165, 1.54) is 6.07 Å². The lowest BCUT2D eigenvalue weighted by Gasteiger charge is -2.17. The van der Waals surface area contributed by atoms with Crippen LogP contribution in [0.15, 0.2) is 18.2 Å². The molecule has 0 fully saturated rings. The highest BCUT2D eigenvalue weighted by molar-refractivity contribution is 5.56. The minimum absolute atomic E-state index is 0.149. The Hall–Kier alpha value is -2.04. The third-order valence-corrected chi connectivity index (χ3v) is 2.75. The Morgan fingerprint density at radius 1 is 1.11 bits per heavy atom. The van der Waals surface area contributed by atoms with E-state index in [9.17, 15) is 4.39 Å². The summed E-state index contributed by atoms with van der Waals surface area (Å²) in [6.45, 7) is 7.67. The summed E-state index contributed by atoms with van der Waals surface area (Å²) in [6, 6.07) is 4.89. The fourth-order valence-corrected chi connectivity index (χ4v) is 1.59. The van der Waals surface area contributed by atoms with Crippen LogP contribution in [0.3, 0.4) is 0 Å². The van der Waals surface area contributed by atoms with Crippen LogP contribution >= 0.6 is 0 Å². The molecule has 2 N–H and O–H groups in total. The van der Waals surface area contributed by atoms with Crippen molar-refractivity contribution < 1.29 is 4.39 Å². The fourth-order valence-electron chi connectivity index (χ4n) is 1.59. The first kappa shape index (κ1) is 13.4. The molecule has 0 amide bonds. The van der Waals surface area contributed by atoms with Crippen LogP contribution < -0.4 is 5.73 Å². The third-order valence-electron chi connectivity index (χ3n) is 2.75. The third kappa shape index (κ3) is 2.86. The number of benzene rings is 1. The number of nitrogen functional groups attached to an aromatic ring is 1. The maximum atomic E-state index is 13.6. The Morgan fingerprint density at radius 3 is 2.37 bits per heavy atom. The van der Waals surface area contributed by atoms with Gasteiger partial charge in [-0.25, -0.2) is 9.37 Å². The van der Waals surface area contributed by atoms with Gasteiger partial charge in [0.05, 0.1) is 0 Å².